The number of ether oxygens (including phenoxy) is 1. The fraction of sp³-hybridized carbons (Fsp3) is 0.449. The molecule has 0 spiro atoms. The fourth-order valence-electron chi connectivity index (χ4n) is 10.2. The molecule has 3 fully saturated rings. The molecule has 69 heavy (non-hydrogen) atoms. The summed E-state index contributed by atoms with van der Waals surface area (Å²) >= 11 is 3.60. The molecule has 1 atom stereocenters. The molecule has 3 saturated heterocycles. The summed E-state index contributed by atoms with van der Waals surface area (Å²) < 4.78 is 23.5. The number of hydrogen-bond donors (Lipinski definition) is 4. The van der Waals surface area contributed by atoms with Crippen molar-refractivity contribution in [3.8, 4) is 5.75 Å². The minimum absolute atomic E-state index is 0.210. The molecular formula is C49H60BrN12O6P. The van der Waals surface area contributed by atoms with Crippen molar-refractivity contribution in [3.05, 3.63) is 91.3 Å². The van der Waals surface area contributed by atoms with Gasteiger partial charge in [0.1, 0.15) is 24.8 Å². The highest BCUT2D eigenvalue weighted by molar-refractivity contribution is 9.10. The van der Waals surface area contributed by atoms with Crippen LogP contribution in [0.4, 0.5) is 28.8 Å². The predicted octanol–water partition coefficient (Wildman–Crippen LogP) is 6.12. The number of benzene rings is 3. The molecule has 3 aromatic heterocycles. The first kappa shape index (κ1) is 48.2. The second kappa shape index (κ2) is 20.2. The summed E-state index contributed by atoms with van der Waals surface area (Å²) in [5.41, 5.74) is 5.62. The van der Waals surface area contributed by atoms with Crippen molar-refractivity contribution in [1.29, 1.82) is 0 Å². The lowest BCUT2D eigenvalue weighted by atomic mass is 9.99. The molecule has 1 unspecified atom stereocenters. The number of halogens is 1. The van der Waals surface area contributed by atoms with E-state index in [1.54, 1.807) is 37.9 Å². The van der Waals surface area contributed by atoms with Gasteiger partial charge in [0.25, 0.3) is 5.56 Å². The lowest BCUT2D eigenvalue weighted by Gasteiger charge is -2.43. The van der Waals surface area contributed by atoms with E-state index < -0.39 is 19.1 Å². The highest BCUT2D eigenvalue weighted by Gasteiger charge is 2.32. The summed E-state index contributed by atoms with van der Waals surface area (Å²) in [6.45, 7) is 17.0. The standard InChI is InChI=1S/C49H60BrN12O6P/c1-6-30-26-37(54-48-51-29-35(50)45(57-48)53-36-13-12-33-34(44(36)69(4,5)67)28-52-61(7-2)47(33)65)41(68-8-3)27-40(30)60-20-17-32(18-21-60)59-24-22-58(23-25-59)19-16-31-10-9-11-38-43(31)56-49(66)62(38)39-14-15-42(63)55-46(39)64/h9-13,26-29,32,39H,6-8,14-25H2,1-5H3,(H,56,66)(H,55,63,64)(H2,51,53,54,57). The van der Waals surface area contributed by atoms with E-state index in [0.717, 1.165) is 88.3 Å². The van der Waals surface area contributed by atoms with Crippen LogP contribution in [0.25, 0.3) is 21.8 Å². The fourth-order valence-corrected chi connectivity index (χ4v) is 12.0. The summed E-state index contributed by atoms with van der Waals surface area (Å²) in [6.07, 6.45) is 7.52. The summed E-state index contributed by atoms with van der Waals surface area (Å²) in [5.74, 6) is 0.774. The second-order valence-electron chi connectivity index (χ2n) is 18.4. The van der Waals surface area contributed by atoms with Gasteiger partial charge in [-0.25, -0.2) is 14.5 Å². The van der Waals surface area contributed by atoms with Crippen LogP contribution in [0.5, 0.6) is 5.75 Å². The third-order valence-corrected chi connectivity index (χ3v) is 15.9. The van der Waals surface area contributed by atoms with E-state index in [9.17, 15) is 23.7 Å². The Labute approximate surface area is 408 Å². The van der Waals surface area contributed by atoms with E-state index in [1.165, 1.54) is 20.5 Å². The van der Waals surface area contributed by atoms with Gasteiger partial charge in [0.05, 0.1) is 45.1 Å². The second-order valence-corrected chi connectivity index (χ2v) is 22.4. The number of rotatable bonds is 15. The molecule has 6 heterocycles. The number of H-pyrrole nitrogens is 1. The number of nitrogens with zero attached hydrogens (tertiary/aromatic N) is 8. The minimum atomic E-state index is -2.91. The molecule has 0 aliphatic carbocycles. The van der Waals surface area contributed by atoms with Crippen LogP contribution < -0.4 is 42.1 Å². The number of amides is 2. The van der Waals surface area contributed by atoms with E-state index in [0.29, 0.717) is 74.9 Å². The van der Waals surface area contributed by atoms with Gasteiger partial charge in [-0.15, -0.1) is 0 Å². The number of anilines is 5. The van der Waals surface area contributed by atoms with Crippen LogP contribution in [0, 0.1) is 0 Å². The van der Waals surface area contributed by atoms with Gasteiger partial charge in [0.15, 0.2) is 0 Å². The van der Waals surface area contributed by atoms with E-state index in [-0.39, 0.29) is 23.6 Å². The molecule has 0 saturated carbocycles. The van der Waals surface area contributed by atoms with Gasteiger partial charge in [-0.3, -0.25) is 29.2 Å². The third-order valence-electron chi connectivity index (χ3n) is 13.7. The number of para-hydroxylation sites is 1. The molecule has 0 radical (unpaired) electrons. The number of piperazine rings is 1. The Hall–Kier alpha value is -5.88. The number of aromatic nitrogens is 6. The number of piperidine rings is 2. The van der Waals surface area contributed by atoms with Crippen LogP contribution >= 0.6 is 23.1 Å². The number of hydrogen-bond acceptors (Lipinski definition) is 14. The predicted molar refractivity (Wildman–Crippen MR) is 275 cm³/mol. The highest BCUT2D eigenvalue weighted by Crippen LogP contribution is 2.42. The van der Waals surface area contributed by atoms with Crippen LogP contribution in [-0.2, 0) is 33.5 Å². The number of carbonyl (C=O) groups is 2. The molecule has 18 nitrogen and oxygen atoms in total. The SMILES string of the molecule is CCOc1cc(N2CCC(N3CCN(CCc4cccc5c4[nH]c(=O)n5C4CCC(=O)NC4=O)CC3)CC2)c(CC)cc1Nc1ncc(Br)c(Nc2ccc3c(=O)n(CC)ncc3c2P(C)(C)=O)n1. The summed E-state index contributed by atoms with van der Waals surface area (Å²) in [5, 5.41) is 15.0. The molecule has 0 bridgehead atoms. The molecule has 9 rings (SSSR count). The number of aromatic amines is 1. The Bertz CT molecular complexity index is 3100. The van der Waals surface area contributed by atoms with Gasteiger partial charge < -0.3 is 34.7 Å². The van der Waals surface area contributed by atoms with Crippen molar-refractivity contribution in [1.82, 2.24) is 44.4 Å². The van der Waals surface area contributed by atoms with Crippen molar-refractivity contribution < 1.29 is 18.9 Å². The highest BCUT2D eigenvalue weighted by atomic mass is 79.9. The van der Waals surface area contributed by atoms with Crippen molar-refractivity contribution in [2.45, 2.75) is 77.9 Å². The Kier molecular flexibility index (Phi) is 14.1. The first-order valence-electron chi connectivity index (χ1n) is 24.0. The zero-order valence-electron chi connectivity index (χ0n) is 39.8. The lowest BCUT2D eigenvalue weighted by Crippen LogP contribution is -2.53. The zero-order chi connectivity index (χ0) is 48.6. The quantitative estimate of drug-likeness (QED) is 0.0677. The first-order chi connectivity index (χ1) is 33.2. The Morgan fingerprint density at radius 1 is 0.884 bits per heavy atom. The van der Waals surface area contributed by atoms with Crippen LogP contribution in [-0.4, -0.2) is 123 Å². The van der Waals surface area contributed by atoms with E-state index in [2.05, 4.69) is 80.7 Å². The van der Waals surface area contributed by atoms with E-state index >= 15 is 0 Å². The summed E-state index contributed by atoms with van der Waals surface area (Å²) in [4.78, 5) is 70.7. The van der Waals surface area contributed by atoms with Crippen molar-refractivity contribution >= 4 is 90.8 Å². The first-order valence-corrected chi connectivity index (χ1v) is 27.4. The minimum Gasteiger partial charge on any atom is -0.492 e. The normalized spacial score (nSPS) is 17.7. The molecule has 3 aliphatic heterocycles. The number of fused-ring (bicyclic) bond motifs is 2. The number of imidazole rings is 1. The number of imide groups is 1. The summed E-state index contributed by atoms with van der Waals surface area (Å²) in [7, 11) is -2.91. The van der Waals surface area contributed by atoms with Gasteiger partial charge in [-0.05, 0) is 111 Å². The van der Waals surface area contributed by atoms with Crippen LogP contribution in [0.3, 0.4) is 0 Å². The molecule has 3 aliphatic rings. The Morgan fingerprint density at radius 3 is 2.38 bits per heavy atom. The molecule has 20 heteroatoms. The number of nitrogens with one attached hydrogen (secondary N) is 4. The van der Waals surface area contributed by atoms with Crippen LogP contribution in [0.15, 0.2) is 68.9 Å². The third kappa shape index (κ3) is 9.96. The van der Waals surface area contributed by atoms with Crippen molar-refractivity contribution in [2.24, 2.45) is 0 Å². The number of carbonyl (C=O) groups excluding carboxylic acids is 2. The number of aryl methyl sites for hydroxylation is 2. The lowest BCUT2D eigenvalue weighted by molar-refractivity contribution is -0.135. The van der Waals surface area contributed by atoms with Gasteiger partial charge >= 0.3 is 5.69 Å². The molecule has 3 aromatic carbocycles. The zero-order valence-corrected chi connectivity index (χ0v) is 42.3. The van der Waals surface area contributed by atoms with Gasteiger partial charge in [0, 0.05) is 93.5 Å². The van der Waals surface area contributed by atoms with Crippen LogP contribution in [0.1, 0.15) is 63.6 Å². The maximum atomic E-state index is 13.8. The maximum Gasteiger partial charge on any atom is 0.327 e. The molecule has 6 aromatic rings. The van der Waals surface area contributed by atoms with E-state index in [4.69, 9.17) is 9.72 Å². The van der Waals surface area contributed by atoms with Gasteiger partial charge in [-0.1, -0.05) is 19.1 Å². The largest absolute Gasteiger partial charge is 0.492 e. The van der Waals surface area contributed by atoms with Gasteiger partial charge in [0.2, 0.25) is 17.8 Å². The smallest absolute Gasteiger partial charge is 0.327 e. The van der Waals surface area contributed by atoms with Gasteiger partial charge in [-0.2, -0.15) is 10.1 Å². The average Bonchev–Trinajstić information content (AvgIpc) is 3.68. The van der Waals surface area contributed by atoms with Crippen LogP contribution in [0.2, 0.25) is 0 Å². The van der Waals surface area contributed by atoms with E-state index in [1.807, 2.05) is 32.0 Å². The molecule has 4 N–H and O–H groups in total. The monoisotopic (exact) mass is 1020 g/mol. The van der Waals surface area contributed by atoms with Crippen molar-refractivity contribution in [3.63, 3.8) is 0 Å². The maximum absolute atomic E-state index is 13.8. The molecule has 364 valence electrons. The Balaban J connectivity index is 0.832. The molecular weight excluding hydrogens is 963 g/mol. The molecule has 2 amide bonds. The summed E-state index contributed by atoms with van der Waals surface area (Å²) in [6, 6.07) is 13.4. The Morgan fingerprint density at radius 2 is 1.67 bits per heavy atom. The topological polar surface area (TPSA) is 205 Å². The average molecular weight is 1020 g/mol. The van der Waals surface area contributed by atoms with Crippen molar-refractivity contribution in [2.75, 3.05) is 81.3 Å².